The standard InChI is InChI=1S/C25H26N6O2/c32-24(27-9-3-12-30-13-8-19-4-1-2-5-22(19)30)21-18-28-25(31-14-16-33-17-15-31)29-23(21)20-6-10-26-11-7-20/h1-2,4-8,10-11,13,18H,3,9,12,14-17H2,(H,27,32). The summed E-state index contributed by atoms with van der Waals surface area (Å²) < 4.78 is 7.64. The van der Waals surface area contributed by atoms with Crippen LogP contribution in [0.1, 0.15) is 16.8 Å². The molecule has 1 aliphatic heterocycles. The van der Waals surface area contributed by atoms with Crippen LogP contribution >= 0.6 is 0 Å². The van der Waals surface area contributed by atoms with Gasteiger partial charge in [-0.05, 0) is 36.1 Å². The van der Waals surface area contributed by atoms with Crippen LogP contribution in [0.5, 0.6) is 0 Å². The summed E-state index contributed by atoms with van der Waals surface area (Å²) in [4.78, 5) is 28.5. The van der Waals surface area contributed by atoms with Crippen LogP contribution in [0.4, 0.5) is 5.95 Å². The molecule has 0 spiro atoms. The molecule has 33 heavy (non-hydrogen) atoms. The summed E-state index contributed by atoms with van der Waals surface area (Å²) in [6, 6.07) is 14.1. The van der Waals surface area contributed by atoms with Crippen LogP contribution in [-0.2, 0) is 11.3 Å². The Morgan fingerprint density at radius 3 is 2.73 bits per heavy atom. The van der Waals surface area contributed by atoms with E-state index in [0.29, 0.717) is 37.0 Å². The number of pyridine rings is 1. The van der Waals surface area contributed by atoms with Gasteiger partial charge in [-0.1, -0.05) is 18.2 Å². The summed E-state index contributed by atoms with van der Waals surface area (Å²) in [7, 11) is 0. The van der Waals surface area contributed by atoms with E-state index in [1.54, 1.807) is 18.6 Å². The van der Waals surface area contributed by atoms with Crippen LogP contribution in [-0.4, -0.2) is 58.3 Å². The zero-order valence-electron chi connectivity index (χ0n) is 18.4. The highest BCUT2D eigenvalue weighted by Gasteiger charge is 2.20. The molecule has 3 aromatic heterocycles. The number of hydrogen-bond acceptors (Lipinski definition) is 6. The molecule has 0 unspecified atom stereocenters. The lowest BCUT2D eigenvalue weighted by molar-refractivity contribution is 0.0952. The molecule has 1 aromatic carbocycles. The van der Waals surface area contributed by atoms with Gasteiger partial charge in [0, 0.05) is 62.0 Å². The molecule has 1 amide bonds. The lowest BCUT2D eigenvalue weighted by Crippen LogP contribution is -2.37. The van der Waals surface area contributed by atoms with Gasteiger partial charge in [0.15, 0.2) is 0 Å². The molecule has 1 N–H and O–H groups in total. The van der Waals surface area contributed by atoms with Crippen molar-refractivity contribution < 1.29 is 9.53 Å². The molecule has 0 bridgehead atoms. The SMILES string of the molecule is O=C(NCCCn1ccc2ccccc21)c1cnc(N2CCOCC2)nc1-c1ccncc1. The fraction of sp³-hybridized carbons (Fsp3) is 0.280. The van der Waals surface area contributed by atoms with Gasteiger partial charge in [0.2, 0.25) is 5.95 Å². The maximum atomic E-state index is 13.1. The van der Waals surface area contributed by atoms with Gasteiger partial charge < -0.3 is 19.5 Å². The number of carbonyl (C=O) groups excluding carboxylic acids is 1. The molecule has 4 heterocycles. The number of carbonyl (C=O) groups is 1. The van der Waals surface area contributed by atoms with Crippen LogP contribution in [0.15, 0.2) is 67.3 Å². The zero-order valence-corrected chi connectivity index (χ0v) is 18.4. The topological polar surface area (TPSA) is 85.2 Å². The Morgan fingerprint density at radius 2 is 1.88 bits per heavy atom. The van der Waals surface area contributed by atoms with E-state index < -0.39 is 0 Å². The maximum absolute atomic E-state index is 13.1. The normalized spacial score (nSPS) is 13.9. The van der Waals surface area contributed by atoms with E-state index in [-0.39, 0.29) is 5.91 Å². The number of hydrogen-bond donors (Lipinski definition) is 1. The van der Waals surface area contributed by atoms with Gasteiger partial charge in [0.05, 0.1) is 24.5 Å². The Morgan fingerprint density at radius 1 is 1.06 bits per heavy atom. The first-order valence-corrected chi connectivity index (χ1v) is 11.2. The predicted molar refractivity (Wildman–Crippen MR) is 127 cm³/mol. The maximum Gasteiger partial charge on any atom is 0.255 e. The highest BCUT2D eigenvalue weighted by Crippen LogP contribution is 2.23. The molecule has 0 atom stereocenters. The number of fused-ring (bicyclic) bond motifs is 1. The van der Waals surface area contributed by atoms with Crippen molar-refractivity contribution in [2.24, 2.45) is 0 Å². The Bertz CT molecular complexity index is 1230. The van der Waals surface area contributed by atoms with E-state index in [1.807, 2.05) is 24.3 Å². The van der Waals surface area contributed by atoms with Gasteiger partial charge >= 0.3 is 0 Å². The molecule has 5 rings (SSSR count). The molecule has 0 radical (unpaired) electrons. The number of amides is 1. The van der Waals surface area contributed by atoms with Crippen molar-refractivity contribution in [1.29, 1.82) is 0 Å². The van der Waals surface area contributed by atoms with E-state index in [0.717, 1.165) is 31.6 Å². The third-order valence-electron chi connectivity index (χ3n) is 5.81. The average molecular weight is 443 g/mol. The third kappa shape index (κ3) is 4.70. The number of ether oxygens (including phenoxy) is 1. The number of para-hydroxylation sites is 1. The molecule has 4 aromatic rings. The second-order valence-corrected chi connectivity index (χ2v) is 7.94. The Hall–Kier alpha value is -3.78. The van der Waals surface area contributed by atoms with Crippen LogP contribution in [0.2, 0.25) is 0 Å². The molecule has 1 saturated heterocycles. The van der Waals surface area contributed by atoms with E-state index in [1.165, 1.54) is 10.9 Å². The molecule has 8 heteroatoms. The van der Waals surface area contributed by atoms with E-state index in [2.05, 4.69) is 49.1 Å². The van der Waals surface area contributed by atoms with Crippen LogP contribution < -0.4 is 10.2 Å². The summed E-state index contributed by atoms with van der Waals surface area (Å²) in [5.41, 5.74) is 3.12. The van der Waals surface area contributed by atoms with Crippen molar-refractivity contribution in [2.45, 2.75) is 13.0 Å². The number of morpholine rings is 1. The predicted octanol–water partition coefficient (Wildman–Crippen LogP) is 3.15. The Kier molecular flexibility index (Phi) is 6.25. The monoisotopic (exact) mass is 442 g/mol. The van der Waals surface area contributed by atoms with Gasteiger partial charge in [-0.25, -0.2) is 9.97 Å². The highest BCUT2D eigenvalue weighted by atomic mass is 16.5. The van der Waals surface area contributed by atoms with Gasteiger partial charge in [0.25, 0.3) is 5.91 Å². The van der Waals surface area contributed by atoms with Gasteiger partial charge in [-0.2, -0.15) is 0 Å². The molecular formula is C25H26N6O2. The zero-order chi connectivity index (χ0) is 22.5. The van der Waals surface area contributed by atoms with E-state index in [9.17, 15) is 4.79 Å². The molecule has 0 aliphatic carbocycles. The number of anilines is 1. The van der Waals surface area contributed by atoms with Crippen molar-refractivity contribution in [3.8, 4) is 11.3 Å². The summed E-state index contributed by atoms with van der Waals surface area (Å²) in [5.74, 6) is 0.439. The van der Waals surface area contributed by atoms with Crippen LogP contribution in [0, 0.1) is 0 Å². The number of aryl methyl sites for hydroxylation is 1. The number of nitrogens with zero attached hydrogens (tertiary/aromatic N) is 5. The molecule has 1 fully saturated rings. The minimum Gasteiger partial charge on any atom is -0.378 e. The minimum atomic E-state index is -0.173. The number of benzene rings is 1. The number of nitrogens with one attached hydrogen (secondary N) is 1. The Labute approximate surface area is 192 Å². The van der Waals surface area contributed by atoms with Crippen LogP contribution in [0.25, 0.3) is 22.2 Å². The van der Waals surface area contributed by atoms with Gasteiger partial charge in [-0.15, -0.1) is 0 Å². The molecule has 8 nitrogen and oxygen atoms in total. The largest absolute Gasteiger partial charge is 0.378 e. The first-order valence-electron chi connectivity index (χ1n) is 11.2. The molecular weight excluding hydrogens is 416 g/mol. The lowest BCUT2D eigenvalue weighted by Gasteiger charge is -2.27. The quantitative estimate of drug-likeness (QED) is 0.443. The summed E-state index contributed by atoms with van der Waals surface area (Å²) in [6.07, 6.45) is 7.94. The third-order valence-corrected chi connectivity index (χ3v) is 5.81. The summed E-state index contributed by atoms with van der Waals surface area (Å²) >= 11 is 0. The first kappa shape index (κ1) is 21.1. The fourth-order valence-corrected chi connectivity index (χ4v) is 4.07. The Balaban J connectivity index is 1.29. The smallest absolute Gasteiger partial charge is 0.255 e. The summed E-state index contributed by atoms with van der Waals surface area (Å²) in [5, 5.41) is 4.26. The fourth-order valence-electron chi connectivity index (χ4n) is 4.07. The summed E-state index contributed by atoms with van der Waals surface area (Å²) in [6.45, 7) is 4.15. The molecule has 168 valence electrons. The second-order valence-electron chi connectivity index (χ2n) is 7.94. The lowest BCUT2D eigenvalue weighted by atomic mass is 10.1. The molecule has 1 aliphatic rings. The number of aromatic nitrogens is 4. The number of rotatable bonds is 7. The average Bonchev–Trinajstić information content (AvgIpc) is 3.30. The van der Waals surface area contributed by atoms with Crippen molar-refractivity contribution >= 4 is 22.8 Å². The van der Waals surface area contributed by atoms with Crippen molar-refractivity contribution in [1.82, 2.24) is 24.8 Å². The highest BCUT2D eigenvalue weighted by molar-refractivity contribution is 5.99. The van der Waals surface area contributed by atoms with Crippen molar-refractivity contribution in [3.05, 3.63) is 72.8 Å². The second kappa shape index (κ2) is 9.79. The van der Waals surface area contributed by atoms with Gasteiger partial charge in [0.1, 0.15) is 0 Å². The van der Waals surface area contributed by atoms with Crippen molar-refractivity contribution in [3.63, 3.8) is 0 Å². The van der Waals surface area contributed by atoms with Crippen LogP contribution in [0.3, 0.4) is 0 Å². The molecule has 0 saturated carbocycles. The van der Waals surface area contributed by atoms with E-state index in [4.69, 9.17) is 9.72 Å². The van der Waals surface area contributed by atoms with Gasteiger partial charge in [-0.3, -0.25) is 9.78 Å². The minimum absolute atomic E-state index is 0.173. The van der Waals surface area contributed by atoms with E-state index >= 15 is 0 Å². The first-order chi connectivity index (χ1) is 16.3. The van der Waals surface area contributed by atoms with Crippen molar-refractivity contribution in [2.75, 3.05) is 37.7 Å².